The van der Waals surface area contributed by atoms with Crippen molar-refractivity contribution in [2.75, 3.05) is 31.1 Å². The molecule has 3 rings (SSSR count). The van der Waals surface area contributed by atoms with E-state index in [1.807, 2.05) is 28.5 Å². The molecule has 0 atom stereocenters. The zero-order valence-corrected chi connectivity index (χ0v) is 17.7. The van der Waals surface area contributed by atoms with E-state index in [0.717, 1.165) is 45.4 Å². The van der Waals surface area contributed by atoms with Crippen molar-refractivity contribution in [1.82, 2.24) is 9.88 Å². The molecular weight excluding hydrogens is 386 g/mol. The van der Waals surface area contributed by atoms with Gasteiger partial charge in [0.25, 0.3) is 5.91 Å². The van der Waals surface area contributed by atoms with Crippen molar-refractivity contribution < 1.29 is 4.79 Å². The van der Waals surface area contributed by atoms with E-state index in [2.05, 4.69) is 37.8 Å². The molecule has 0 aliphatic carbocycles. The van der Waals surface area contributed by atoms with Crippen LogP contribution >= 0.6 is 35.1 Å². The summed E-state index contributed by atoms with van der Waals surface area (Å²) in [4.78, 5) is 22.8. The van der Waals surface area contributed by atoms with Crippen LogP contribution in [0.1, 0.15) is 29.1 Å². The van der Waals surface area contributed by atoms with E-state index >= 15 is 0 Å². The minimum atomic E-state index is 0. The van der Waals surface area contributed by atoms with Crippen molar-refractivity contribution in [2.45, 2.75) is 20.8 Å². The highest BCUT2D eigenvalue weighted by Gasteiger charge is 2.22. The molecule has 0 N–H and O–H groups in total. The number of hydrogen-bond donors (Lipinski definition) is 0. The molecule has 0 saturated heterocycles. The van der Waals surface area contributed by atoms with Gasteiger partial charge in [-0.1, -0.05) is 43.4 Å². The third-order valence-electron chi connectivity index (χ3n) is 4.35. The molecule has 1 aromatic carbocycles. The zero-order valence-electron chi connectivity index (χ0n) is 15.3. The number of thiophene rings is 1. The van der Waals surface area contributed by atoms with E-state index in [1.54, 1.807) is 11.3 Å². The number of likely N-dealkylation sites (N-methyl/N-ethyl adjacent to an activating group) is 1. The number of benzene rings is 1. The first kappa shape index (κ1) is 20.8. The monoisotopic (exact) mass is 409 g/mol. The topological polar surface area (TPSA) is 36.4 Å². The van der Waals surface area contributed by atoms with Gasteiger partial charge in [-0.25, -0.2) is 4.98 Å². The normalized spacial score (nSPS) is 10.9. The maximum absolute atomic E-state index is 13.0. The van der Waals surface area contributed by atoms with Crippen LogP contribution in [0.2, 0.25) is 0 Å². The first-order valence-electron chi connectivity index (χ1n) is 8.58. The third kappa shape index (κ3) is 4.43. The second kappa shape index (κ2) is 9.46. The van der Waals surface area contributed by atoms with Crippen LogP contribution in [0.3, 0.4) is 0 Å². The summed E-state index contributed by atoms with van der Waals surface area (Å²) in [5.41, 5.74) is 2.14. The van der Waals surface area contributed by atoms with Crippen molar-refractivity contribution in [3.63, 3.8) is 0 Å². The number of aromatic nitrogens is 1. The average Bonchev–Trinajstić information content (AvgIpc) is 3.28. The Morgan fingerprint density at radius 2 is 1.88 bits per heavy atom. The number of nitrogens with zero attached hydrogens (tertiary/aromatic N) is 3. The van der Waals surface area contributed by atoms with Crippen molar-refractivity contribution in [3.8, 4) is 0 Å². The number of carbonyl (C=O) groups excluding carboxylic acids is 1. The van der Waals surface area contributed by atoms with Crippen LogP contribution in [-0.4, -0.2) is 42.0 Å². The number of anilines is 1. The number of fused-ring (bicyclic) bond motifs is 1. The summed E-state index contributed by atoms with van der Waals surface area (Å²) in [7, 11) is 0. The summed E-state index contributed by atoms with van der Waals surface area (Å²) in [6, 6.07) is 9.98. The Balaban J connectivity index is 0.00000243. The summed E-state index contributed by atoms with van der Waals surface area (Å²) in [5, 5.41) is 2.73. The number of amides is 1. The number of hydrogen-bond acceptors (Lipinski definition) is 5. The van der Waals surface area contributed by atoms with Gasteiger partial charge in [-0.05, 0) is 43.1 Å². The predicted octanol–water partition coefficient (Wildman–Crippen LogP) is 5.08. The highest BCUT2D eigenvalue weighted by Crippen LogP contribution is 2.31. The quantitative estimate of drug-likeness (QED) is 0.546. The number of rotatable bonds is 7. The van der Waals surface area contributed by atoms with Crippen LogP contribution in [0.25, 0.3) is 10.2 Å². The standard InChI is InChI=1S/C19H23N3OS2.ClH/c1-4-21(5-2)11-12-22(18(23)16-10-7-13-24-16)19-20-17-14(3)8-6-9-15(17)25-19;/h6-10,13H,4-5,11-12H2,1-3H3;1H. The van der Waals surface area contributed by atoms with Gasteiger partial charge in [-0.3, -0.25) is 9.69 Å². The lowest BCUT2D eigenvalue weighted by Crippen LogP contribution is -2.38. The molecule has 0 unspecified atom stereocenters. The molecule has 0 fully saturated rings. The van der Waals surface area contributed by atoms with Gasteiger partial charge in [-0.15, -0.1) is 23.7 Å². The Hall–Kier alpha value is -1.47. The van der Waals surface area contributed by atoms with Gasteiger partial charge in [0.05, 0.1) is 15.1 Å². The molecule has 3 aromatic rings. The van der Waals surface area contributed by atoms with Crippen LogP contribution in [0.4, 0.5) is 5.13 Å². The second-order valence-corrected chi connectivity index (χ2v) is 7.84. The van der Waals surface area contributed by atoms with Gasteiger partial charge in [0.1, 0.15) is 0 Å². The number of halogens is 1. The number of carbonyl (C=O) groups is 1. The fourth-order valence-corrected chi connectivity index (χ4v) is 4.53. The fraction of sp³-hybridized carbons (Fsp3) is 0.368. The molecule has 1 amide bonds. The molecule has 26 heavy (non-hydrogen) atoms. The lowest BCUT2D eigenvalue weighted by molar-refractivity contribution is 0.0987. The van der Waals surface area contributed by atoms with Gasteiger partial charge in [0.15, 0.2) is 5.13 Å². The fourth-order valence-electron chi connectivity index (χ4n) is 2.79. The van der Waals surface area contributed by atoms with Gasteiger partial charge in [-0.2, -0.15) is 0 Å². The second-order valence-electron chi connectivity index (χ2n) is 5.88. The van der Waals surface area contributed by atoms with Gasteiger partial charge < -0.3 is 4.90 Å². The highest BCUT2D eigenvalue weighted by atomic mass is 35.5. The average molecular weight is 410 g/mol. The summed E-state index contributed by atoms with van der Waals surface area (Å²) >= 11 is 3.07. The number of aryl methyl sites for hydroxylation is 1. The largest absolute Gasteiger partial charge is 0.302 e. The Labute approximate surface area is 168 Å². The Morgan fingerprint density at radius 1 is 1.12 bits per heavy atom. The molecule has 0 radical (unpaired) electrons. The van der Waals surface area contributed by atoms with Crippen LogP contribution in [0, 0.1) is 6.92 Å². The summed E-state index contributed by atoms with van der Waals surface area (Å²) in [6.45, 7) is 9.82. The molecule has 0 saturated carbocycles. The van der Waals surface area contributed by atoms with Gasteiger partial charge in [0, 0.05) is 13.1 Å². The van der Waals surface area contributed by atoms with Gasteiger partial charge in [0.2, 0.25) is 0 Å². The minimum absolute atomic E-state index is 0. The molecule has 0 aliphatic rings. The van der Waals surface area contributed by atoms with Crippen molar-refractivity contribution >= 4 is 56.3 Å². The van der Waals surface area contributed by atoms with Crippen LogP contribution < -0.4 is 4.90 Å². The van der Waals surface area contributed by atoms with E-state index in [1.165, 1.54) is 11.3 Å². The van der Waals surface area contributed by atoms with Crippen LogP contribution in [0.15, 0.2) is 35.7 Å². The molecular formula is C19H24ClN3OS2. The molecule has 0 spiro atoms. The summed E-state index contributed by atoms with van der Waals surface area (Å²) in [6.07, 6.45) is 0. The maximum Gasteiger partial charge on any atom is 0.270 e. The smallest absolute Gasteiger partial charge is 0.270 e. The lowest BCUT2D eigenvalue weighted by Gasteiger charge is -2.24. The molecule has 140 valence electrons. The summed E-state index contributed by atoms with van der Waals surface area (Å²) in [5.74, 6) is 0.0406. The molecule has 4 nitrogen and oxygen atoms in total. The van der Waals surface area contributed by atoms with E-state index in [4.69, 9.17) is 4.98 Å². The SMILES string of the molecule is CCN(CC)CCN(C(=O)c1cccs1)c1nc2c(C)cccc2s1.Cl. The van der Waals surface area contributed by atoms with E-state index in [-0.39, 0.29) is 18.3 Å². The van der Waals surface area contributed by atoms with E-state index < -0.39 is 0 Å². The first-order chi connectivity index (χ1) is 12.1. The Bertz CT molecular complexity index is 844. The van der Waals surface area contributed by atoms with Gasteiger partial charge >= 0.3 is 0 Å². The lowest BCUT2D eigenvalue weighted by atomic mass is 10.2. The van der Waals surface area contributed by atoms with Crippen LogP contribution in [-0.2, 0) is 0 Å². The van der Waals surface area contributed by atoms with Crippen molar-refractivity contribution in [1.29, 1.82) is 0 Å². The van der Waals surface area contributed by atoms with E-state index in [0.29, 0.717) is 6.54 Å². The molecule has 0 bridgehead atoms. The summed E-state index contributed by atoms with van der Waals surface area (Å²) < 4.78 is 1.13. The molecule has 2 heterocycles. The maximum atomic E-state index is 13.0. The molecule has 2 aromatic heterocycles. The third-order valence-corrected chi connectivity index (χ3v) is 6.25. The zero-order chi connectivity index (χ0) is 17.8. The minimum Gasteiger partial charge on any atom is -0.302 e. The Kier molecular flexibility index (Phi) is 7.58. The number of thiazole rings is 1. The first-order valence-corrected chi connectivity index (χ1v) is 10.3. The predicted molar refractivity (Wildman–Crippen MR) is 115 cm³/mol. The van der Waals surface area contributed by atoms with Crippen molar-refractivity contribution in [3.05, 3.63) is 46.2 Å². The number of para-hydroxylation sites is 1. The molecule has 7 heteroatoms. The van der Waals surface area contributed by atoms with E-state index in [9.17, 15) is 4.79 Å². The highest BCUT2D eigenvalue weighted by molar-refractivity contribution is 7.22. The molecule has 0 aliphatic heterocycles. The Morgan fingerprint density at radius 3 is 2.50 bits per heavy atom. The van der Waals surface area contributed by atoms with Crippen LogP contribution in [0.5, 0.6) is 0 Å². The van der Waals surface area contributed by atoms with Crippen molar-refractivity contribution in [2.24, 2.45) is 0 Å².